The van der Waals surface area contributed by atoms with E-state index in [1.165, 1.54) is 0 Å². The molecule has 1 rings (SSSR count). The van der Waals surface area contributed by atoms with Gasteiger partial charge in [0.05, 0.1) is 0 Å². The number of aryl methyl sites for hydroxylation is 2. The second kappa shape index (κ2) is 5.20. The van der Waals surface area contributed by atoms with Crippen LogP contribution in [-0.4, -0.2) is 9.97 Å². The van der Waals surface area contributed by atoms with Gasteiger partial charge in [-0.2, -0.15) is 0 Å². The molecule has 62 valence electrons. The number of hydrogen-bond acceptors (Lipinski definition) is 2. The van der Waals surface area contributed by atoms with Gasteiger partial charge in [-0.15, -0.1) is 0 Å². The van der Waals surface area contributed by atoms with Gasteiger partial charge in [0, 0.05) is 11.4 Å². The highest BCUT2D eigenvalue weighted by atomic mass is 31.0. The third-order valence-electron chi connectivity index (χ3n) is 1.000. The van der Waals surface area contributed by atoms with E-state index in [-0.39, 0.29) is 0 Å². The van der Waals surface area contributed by atoms with Crippen molar-refractivity contribution in [2.24, 2.45) is 0 Å². The Morgan fingerprint density at radius 1 is 1.09 bits per heavy atom. The van der Waals surface area contributed by atoms with Gasteiger partial charge >= 0.3 is 0 Å². The maximum absolute atomic E-state index is 4.09. The molecule has 0 spiro atoms. The highest BCUT2D eigenvalue weighted by Crippen LogP contribution is 1.93. The first-order valence-corrected chi connectivity index (χ1v) is 4.34. The first-order chi connectivity index (χ1) is 5.18. The van der Waals surface area contributed by atoms with Crippen LogP contribution < -0.4 is 5.57 Å². The van der Waals surface area contributed by atoms with E-state index in [1.807, 2.05) is 33.8 Å². The van der Waals surface area contributed by atoms with Gasteiger partial charge in [-0.3, -0.25) is 0 Å². The zero-order chi connectivity index (χ0) is 8.85. The highest BCUT2D eigenvalue weighted by molar-refractivity contribution is 7.26. The van der Waals surface area contributed by atoms with Crippen molar-refractivity contribution < 1.29 is 0 Å². The first kappa shape index (κ1) is 10.5. The molecule has 0 fully saturated rings. The van der Waals surface area contributed by atoms with E-state index in [0.717, 1.165) is 17.0 Å². The van der Waals surface area contributed by atoms with Crippen molar-refractivity contribution in [3.8, 4) is 0 Å². The Bertz CT molecular complexity index is 173. The highest BCUT2D eigenvalue weighted by Gasteiger charge is 1.90. The molecule has 0 amide bonds. The summed E-state index contributed by atoms with van der Waals surface area (Å²) < 4.78 is 0. The average Bonchev–Trinajstić information content (AvgIpc) is 1.88. The molecule has 0 N–H and O–H groups in total. The maximum Gasteiger partial charge on any atom is 0.144 e. The first-order valence-electron chi connectivity index (χ1n) is 3.76. The molecule has 0 aliphatic heterocycles. The Hall–Kier alpha value is -0.490. The molecule has 1 aromatic rings. The molecule has 2 nitrogen and oxygen atoms in total. The van der Waals surface area contributed by atoms with Crippen LogP contribution in [-0.2, 0) is 0 Å². The molecule has 0 saturated heterocycles. The Morgan fingerprint density at radius 3 is 1.73 bits per heavy atom. The number of rotatable bonds is 0. The number of nitrogens with zero attached hydrogens (tertiary/aromatic N) is 2. The van der Waals surface area contributed by atoms with Gasteiger partial charge in [0.2, 0.25) is 0 Å². The zero-order valence-electron chi connectivity index (χ0n) is 7.55. The lowest BCUT2D eigenvalue weighted by atomic mass is 10.4. The Labute approximate surface area is 70.7 Å². The Balaban J connectivity index is 0.000000461. The van der Waals surface area contributed by atoms with Gasteiger partial charge in [-0.05, 0) is 19.9 Å². The molecular weight excluding hydrogens is 155 g/mol. The summed E-state index contributed by atoms with van der Waals surface area (Å²) in [5.41, 5.74) is 2.81. The molecular formula is C8H15N2P. The van der Waals surface area contributed by atoms with Crippen molar-refractivity contribution in [2.75, 3.05) is 0 Å². The van der Waals surface area contributed by atoms with Crippen LogP contribution in [0.15, 0.2) is 6.07 Å². The molecule has 0 bridgehead atoms. The van der Waals surface area contributed by atoms with E-state index in [2.05, 4.69) is 19.2 Å². The second-order valence-corrected chi connectivity index (χ2v) is 2.53. The van der Waals surface area contributed by atoms with Crippen LogP contribution in [0.3, 0.4) is 0 Å². The average molecular weight is 170 g/mol. The molecule has 3 heteroatoms. The van der Waals surface area contributed by atoms with E-state index in [9.17, 15) is 0 Å². The monoisotopic (exact) mass is 170 g/mol. The fourth-order valence-corrected chi connectivity index (χ4v) is 1.16. The summed E-state index contributed by atoms with van der Waals surface area (Å²) in [7, 11) is 2.48. The standard InChI is InChI=1S/C6H9N2P.C2H6/c1-4-3-5(2)8-6(9)7-4;1-2/h3H,9H2,1-2H3;1-2H3. The van der Waals surface area contributed by atoms with Crippen LogP contribution in [0.5, 0.6) is 0 Å². The van der Waals surface area contributed by atoms with Gasteiger partial charge in [0.1, 0.15) is 5.57 Å². The normalized spacial score (nSPS) is 8.45. The summed E-state index contributed by atoms with van der Waals surface area (Å²) in [4.78, 5) is 8.17. The van der Waals surface area contributed by atoms with Gasteiger partial charge in [0.15, 0.2) is 0 Å². The van der Waals surface area contributed by atoms with E-state index >= 15 is 0 Å². The van der Waals surface area contributed by atoms with Crippen LogP contribution in [0.25, 0.3) is 0 Å². The van der Waals surface area contributed by atoms with Crippen LogP contribution in [0.1, 0.15) is 25.2 Å². The molecule has 0 aromatic carbocycles. The van der Waals surface area contributed by atoms with E-state index in [4.69, 9.17) is 0 Å². The largest absolute Gasteiger partial charge is 0.234 e. The van der Waals surface area contributed by atoms with Crippen molar-refractivity contribution in [2.45, 2.75) is 27.7 Å². The Kier molecular flexibility index (Phi) is 4.97. The van der Waals surface area contributed by atoms with E-state index < -0.39 is 0 Å². The second-order valence-electron chi connectivity index (χ2n) is 2.01. The molecule has 1 atom stereocenters. The van der Waals surface area contributed by atoms with Gasteiger partial charge in [-0.25, -0.2) is 9.97 Å². The predicted molar refractivity (Wildman–Crippen MR) is 52.2 cm³/mol. The minimum atomic E-state index is 0.771. The quantitative estimate of drug-likeness (QED) is 0.553. The van der Waals surface area contributed by atoms with Gasteiger partial charge in [0.25, 0.3) is 0 Å². The molecule has 0 saturated carbocycles. The molecule has 1 unspecified atom stereocenters. The zero-order valence-corrected chi connectivity index (χ0v) is 8.70. The van der Waals surface area contributed by atoms with Crippen molar-refractivity contribution in [1.29, 1.82) is 0 Å². The van der Waals surface area contributed by atoms with Crippen molar-refractivity contribution in [3.63, 3.8) is 0 Å². The van der Waals surface area contributed by atoms with Crippen molar-refractivity contribution >= 4 is 14.8 Å². The summed E-state index contributed by atoms with van der Waals surface area (Å²) in [6, 6.07) is 1.95. The van der Waals surface area contributed by atoms with Crippen molar-refractivity contribution in [1.82, 2.24) is 9.97 Å². The van der Waals surface area contributed by atoms with Crippen LogP contribution in [0.2, 0.25) is 0 Å². The molecule has 1 heterocycles. The summed E-state index contributed by atoms with van der Waals surface area (Å²) in [6.45, 7) is 7.92. The van der Waals surface area contributed by atoms with Gasteiger partial charge < -0.3 is 0 Å². The van der Waals surface area contributed by atoms with Crippen LogP contribution >= 0.6 is 9.24 Å². The molecule has 0 aliphatic rings. The lowest BCUT2D eigenvalue weighted by Crippen LogP contribution is -2.06. The third-order valence-corrected chi connectivity index (χ3v) is 1.26. The molecule has 0 aliphatic carbocycles. The lowest BCUT2D eigenvalue weighted by molar-refractivity contribution is 1.10. The van der Waals surface area contributed by atoms with Gasteiger partial charge in [-0.1, -0.05) is 23.1 Å². The number of hydrogen-bond donors (Lipinski definition) is 0. The minimum Gasteiger partial charge on any atom is -0.234 e. The smallest absolute Gasteiger partial charge is 0.144 e. The number of aromatic nitrogens is 2. The predicted octanol–water partition coefficient (Wildman–Crippen LogP) is 1.62. The molecule has 1 aromatic heterocycles. The summed E-state index contributed by atoms with van der Waals surface area (Å²) >= 11 is 0. The molecule has 0 radical (unpaired) electrons. The fourth-order valence-electron chi connectivity index (χ4n) is 0.753. The summed E-state index contributed by atoms with van der Waals surface area (Å²) in [5, 5.41) is 0. The van der Waals surface area contributed by atoms with Crippen molar-refractivity contribution in [3.05, 3.63) is 17.5 Å². The summed E-state index contributed by atoms with van der Waals surface area (Å²) in [5.74, 6) is 0. The molecule has 11 heavy (non-hydrogen) atoms. The van der Waals surface area contributed by atoms with Crippen LogP contribution in [0.4, 0.5) is 0 Å². The van der Waals surface area contributed by atoms with Crippen LogP contribution in [0, 0.1) is 13.8 Å². The van der Waals surface area contributed by atoms with E-state index in [0.29, 0.717) is 0 Å². The summed E-state index contributed by atoms with van der Waals surface area (Å²) in [6.07, 6.45) is 0. The lowest BCUT2D eigenvalue weighted by Gasteiger charge is -1.95. The topological polar surface area (TPSA) is 25.8 Å². The minimum absolute atomic E-state index is 0.771. The Morgan fingerprint density at radius 2 is 1.45 bits per heavy atom. The van der Waals surface area contributed by atoms with E-state index in [1.54, 1.807) is 0 Å². The fraction of sp³-hybridized carbons (Fsp3) is 0.500. The third kappa shape index (κ3) is 4.05. The SMILES string of the molecule is CC.Cc1cc(C)nc(P)n1. The maximum atomic E-state index is 4.09.